The van der Waals surface area contributed by atoms with E-state index in [-0.39, 0.29) is 5.56 Å². The first-order valence-corrected chi connectivity index (χ1v) is 7.75. The molecule has 2 amide bonds. The average Bonchev–Trinajstić information content (AvgIpc) is 3.00. The van der Waals surface area contributed by atoms with Crippen molar-refractivity contribution in [2.24, 2.45) is 0 Å². The molecule has 1 atom stereocenters. The fourth-order valence-electron chi connectivity index (χ4n) is 2.08. The van der Waals surface area contributed by atoms with Crippen molar-refractivity contribution >= 4 is 17.8 Å². The Kier molecular flexibility index (Phi) is 5.89. The van der Waals surface area contributed by atoms with Crippen molar-refractivity contribution in [2.45, 2.75) is 33.3 Å². The smallest absolute Gasteiger partial charge is 0.344 e. The van der Waals surface area contributed by atoms with Crippen LogP contribution in [0, 0.1) is 6.92 Å². The Labute approximate surface area is 144 Å². The Bertz CT molecular complexity index is 770. The van der Waals surface area contributed by atoms with Crippen LogP contribution in [0.1, 0.15) is 46.0 Å². The number of carbonyl (C=O) groups is 3. The SMILES string of the molecule is CCc1noc(C)c1C(=O)O[C@H](C)C(=O)NNC(=O)c1ccccc1. The summed E-state index contributed by atoms with van der Waals surface area (Å²) in [6, 6.07) is 8.38. The van der Waals surface area contributed by atoms with Crippen molar-refractivity contribution in [3.8, 4) is 0 Å². The molecule has 0 unspecified atom stereocenters. The van der Waals surface area contributed by atoms with Gasteiger partial charge in [0.25, 0.3) is 11.8 Å². The van der Waals surface area contributed by atoms with Crippen LogP contribution in [-0.2, 0) is 16.0 Å². The summed E-state index contributed by atoms with van der Waals surface area (Å²) in [6.07, 6.45) is -0.613. The van der Waals surface area contributed by atoms with E-state index in [0.29, 0.717) is 23.4 Å². The number of benzene rings is 1. The van der Waals surface area contributed by atoms with E-state index < -0.39 is 23.9 Å². The molecule has 0 fully saturated rings. The van der Waals surface area contributed by atoms with Crippen LogP contribution < -0.4 is 10.9 Å². The van der Waals surface area contributed by atoms with Gasteiger partial charge in [-0.25, -0.2) is 4.79 Å². The highest BCUT2D eigenvalue weighted by Crippen LogP contribution is 2.16. The number of aromatic nitrogens is 1. The third-order valence-corrected chi connectivity index (χ3v) is 3.46. The largest absolute Gasteiger partial charge is 0.449 e. The molecule has 1 aromatic heterocycles. The summed E-state index contributed by atoms with van der Waals surface area (Å²) in [5.74, 6) is -1.51. The molecule has 0 saturated carbocycles. The first-order chi connectivity index (χ1) is 11.9. The van der Waals surface area contributed by atoms with Gasteiger partial charge in [0.1, 0.15) is 11.3 Å². The molecule has 132 valence electrons. The standard InChI is InChI=1S/C17H19N3O5/c1-4-13-14(10(2)25-20-13)17(23)24-11(3)15(21)18-19-16(22)12-8-6-5-7-9-12/h5-9,11H,4H2,1-3H3,(H,18,21)(H,19,22)/t11-/m1/s1. The summed E-state index contributed by atoms with van der Waals surface area (Å²) >= 11 is 0. The summed E-state index contributed by atoms with van der Waals surface area (Å²) in [5.41, 5.74) is 5.55. The molecule has 1 aromatic carbocycles. The Morgan fingerprint density at radius 3 is 2.52 bits per heavy atom. The number of rotatable bonds is 5. The Hall–Kier alpha value is -3.16. The lowest BCUT2D eigenvalue weighted by molar-refractivity contribution is -0.129. The second-order valence-corrected chi connectivity index (χ2v) is 5.27. The van der Waals surface area contributed by atoms with Crippen molar-refractivity contribution in [3.63, 3.8) is 0 Å². The van der Waals surface area contributed by atoms with Gasteiger partial charge < -0.3 is 9.26 Å². The maximum absolute atomic E-state index is 12.2. The molecule has 0 bridgehead atoms. The van der Waals surface area contributed by atoms with Crippen molar-refractivity contribution in [1.29, 1.82) is 0 Å². The zero-order valence-corrected chi connectivity index (χ0v) is 14.2. The van der Waals surface area contributed by atoms with E-state index in [1.807, 2.05) is 6.92 Å². The number of hydrogen-bond donors (Lipinski definition) is 2. The van der Waals surface area contributed by atoms with Crippen LogP contribution in [0.4, 0.5) is 0 Å². The van der Waals surface area contributed by atoms with Crippen LogP contribution in [0.2, 0.25) is 0 Å². The molecule has 0 aliphatic rings. The van der Waals surface area contributed by atoms with Crippen LogP contribution in [0.15, 0.2) is 34.9 Å². The van der Waals surface area contributed by atoms with Gasteiger partial charge in [-0.1, -0.05) is 30.3 Å². The number of amides is 2. The molecular weight excluding hydrogens is 326 g/mol. The van der Waals surface area contributed by atoms with Gasteiger partial charge in [-0.3, -0.25) is 20.4 Å². The minimum absolute atomic E-state index is 0.218. The first kappa shape index (κ1) is 18.2. The molecule has 0 aliphatic heterocycles. The molecule has 0 aliphatic carbocycles. The summed E-state index contributed by atoms with van der Waals surface area (Å²) < 4.78 is 10.1. The molecule has 0 spiro atoms. The topological polar surface area (TPSA) is 111 Å². The molecule has 2 rings (SSSR count). The number of ether oxygens (including phenoxy) is 1. The maximum Gasteiger partial charge on any atom is 0.344 e. The van der Waals surface area contributed by atoms with Gasteiger partial charge in [0, 0.05) is 5.56 Å². The van der Waals surface area contributed by atoms with E-state index >= 15 is 0 Å². The maximum atomic E-state index is 12.2. The fraction of sp³-hybridized carbons (Fsp3) is 0.294. The summed E-state index contributed by atoms with van der Waals surface area (Å²) in [6.45, 7) is 4.81. The fourth-order valence-corrected chi connectivity index (χ4v) is 2.08. The average molecular weight is 345 g/mol. The molecule has 2 N–H and O–H groups in total. The summed E-state index contributed by atoms with van der Waals surface area (Å²) in [5, 5.41) is 3.77. The highest BCUT2D eigenvalue weighted by atomic mass is 16.5. The van der Waals surface area contributed by atoms with E-state index in [1.54, 1.807) is 37.3 Å². The molecule has 0 saturated heterocycles. The van der Waals surface area contributed by atoms with Crippen molar-refractivity contribution in [1.82, 2.24) is 16.0 Å². The monoisotopic (exact) mass is 345 g/mol. The lowest BCUT2D eigenvalue weighted by Gasteiger charge is -2.14. The normalized spacial score (nSPS) is 11.5. The predicted molar refractivity (Wildman–Crippen MR) is 87.5 cm³/mol. The van der Waals surface area contributed by atoms with E-state index in [1.165, 1.54) is 6.92 Å². The van der Waals surface area contributed by atoms with Crippen LogP contribution in [0.5, 0.6) is 0 Å². The van der Waals surface area contributed by atoms with Crippen molar-refractivity contribution in [3.05, 3.63) is 52.9 Å². The molecule has 0 radical (unpaired) electrons. The van der Waals surface area contributed by atoms with Gasteiger partial charge in [0.15, 0.2) is 6.10 Å². The lowest BCUT2D eigenvalue weighted by atomic mass is 10.1. The minimum atomic E-state index is -1.11. The molecule has 1 heterocycles. The van der Waals surface area contributed by atoms with Gasteiger partial charge >= 0.3 is 5.97 Å². The van der Waals surface area contributed by atoms with Crippen LogP contribution in [-0.4, -0.2) is 29.0 Å². The number of hydrazine groups is 1. The Balaban J connectivity index is 1.91. The number of nitrogens with zero attached hydrogens (tertiary/aromatic N) is 1. The molecule has 8 heteroatoms. The summed E-state index contributed by atoms with van der Waals surface area (Å²) in [7, 11) is 0. The van der Waals surface area contributed by atoms with E-state index in [2.05, 4.69) is 16.0 Å². The highest BCUT2D eigenvalue weighted by Gasteiger charge is 2.25. The van der Waals surface area contributed by atoms with Gasteiger partial charge in [0.05, 0.1) is 5.69 Å². The number of aryl methyl sites for hydroxylation is 2. The van der Waals surface area contributed by atoms with E-state index in [0.717, 1.165) is 0 Å². The molecule has 2 aromatic rings. The number of nitrogens with one attached hydrogen (secondary N) is 2. The second-order valence-electron chi connectivity index (χ2n) is 5.27. The van der Waals surface area contributed by atoms with E-state index in [9.17, 15) is 14.4 Å². The van der Waals surface area contributed by atoms with E-state index in [4.69, 9.17) is 9.26 Å². The van der Waals surface area contributed by atoms with Gasteiger partial charge in [-0.15, -0.1) is 0 Å². The van der Waals surface area contributed by atoms with Crippen molar-refractivity contribution < 1.29 is 23.6 Å². The van der Waals surface area contributed by atoms with Crippen LogP contribution in [0.25, 0.3) is 0 Å². The molecular formula is C17H19N3O5. The summed E-state index contributed by atoms with van der Waals surface area (Å²) in [4.78, 5) is 36.0. The first-order valence-electron chi connectivity index (χ1n) is 7.75. The molecule has 25 heavy (non-hydrogen) atoms. The molecule has 8 nitrogen and oxygen atoms in total. The lowest BCUT2D eigenvalue weighted by Crippen LogP contribution is -2.46. The zero-order valence-electron chi connectivity index (χ0n) is 14.2. The zero-order chi connectivity index (χ0) is 18.4. The number of esters is 1. The second kappa shape index (κ2) is 8.09. The van der Waals surface area contributed by atoms with Gasteiger partial charge in [0.2, 0.25) is 0 Å². The number of hydrogen-bond acceptors (Lipinski definition) is 6. The number of carbonyl (C=O) groups excluding carboxylic acids is 3. The van der Waals surface area contributed by atoms with Crippen LogP contribution in [0.3, 0.4) is 0 Å². The minimum Gasteiger partial charge on any atom is -0.449 e. The quantitative estimate of drug-likeness (QED) is 0.628. The Morgan fingerprint density at radius 2 is 1.88 bits per heavy atom. The van der Waals surface area contributed by atoms with Gasteiger partial charge in [-0.05, 0) is 32.4 Å². The third-order valence-electron chi connectivity index (χ3n) is 3.46. The third kappa shape index (κ3) is 4.43. The van der Waals surface area contributed by atoms with Crippen LogP contribution >= 0.6 is 0 Å². The van der Waals surface area contributed by atoms with Crippen molar-refractivity contribution in [2.75, 3.05) is 0 Å². The predicted octanol–water partition coefficient (Wildman–Crippen LogP) is 1.55. The van der Waals surface area contributed by atoms with Gasteiger partial charge in [-0.2, -0.15) is 0 Å². The Morgan fingerprint density at radius 1 is 1.20 bits per heavy atom. The highest BCUT2D eigenvalue weighted by molar-refractivity contribution is 5.96.